The molecule has 0 atom stereocenters. The molecule has 1 aliphatic heterocycles. The van der Waals surface area contributed by atoms with Gasteiger partial charge in [0.15, 0.2) is 0 Å². The minimum Gasteiger partial charge on any atom is -0.338 e. The van der Waals surface area contributed by atoms with Gasteiger partial charge in [0.1, 0.15) is 0 Å². The molecule has 0 spiro atoms. The van der Waals surface area contributed by atoms with Gasteiger partial charge in [0, 0.05) is 41.8 Å². The Labute approximate surface area is 163 Å². The lowest BCUT2D eigenvalue weighted by Gasteiger charge is -2.38. The summed E-state index contributed by atoms with van der Waals surface area (Å²) < 4.78 is 0. The van der Waals surface area contributed by atoms with Gasteiger partial charge in [-0.25, -0.2) is 0 Å². The van der Waals surface area contributed by atoms with E-state index in [1.54, 1.807) is 28.0 Å². The Morgan fingerprint density at radius 2 is 1.40 bits per heavy atom. The van der Waals surface area contributed by atoms with E-state index in [1.165, 1.54) is 0 Å². The molecule has 0 bridgehead atoms. The third kappa shape index (κ3) is 4.40. The van der Waals surface area contributed by atoms with E-state index in [9.17, 15) is 9.59 Å². The molecule has 2 N–H and O–H groups in total. The van der Waals surface area contributed by atoms with Crippen molar-refractivity contribution in [2.75, 3.05) is 26.2 Å². The van der Waals surface area contributed by atoms with Crippen molar-refractivity contribution >= 4 is 47.4 Å². The van der Waals surface area contributed by atoms with Crippen molar-refractivity contribution in [3.05, 3.63) is 33.8 Å². The number of hydrogen-bond donors (Lipinski definition) is 1. The fraction of sp³-hybridized carbons (Fsp3) is 0.529. The highest BCUT2D eigenvalue weighted by Crippen LogP contribution is 2.29. The summed E-state index contributed by atoms with van der Waals surface area (Å²) in [5, 5.41) is 0.872. The number of hydrogen-bond acceptors (Lipinski definition) is 3. The van der Waals surface area contributed by atoms with Crippen LogP contribution in [0.1, 0.15) is 36.0 Å². The number of amides is 2. The molecule has 2 fully saturated rings. The minimum absolute atomic E-state index is 0. The van der Waals surface area contributed by atoms with Crippen LogP contribution in [0, 0.1) is 0 Å². The zero-order valence-electron chi connectivity index (χ0n) is 13.8. The summed E-state index contributed by atoms with van der Waals surface area (Å²) in [7, 11) is 0. The van der Waals surface area contributed by atoms with Crippen LogP contribution in [0.15, 0.2) is 18.2 Å². The third-order valence-corrected chi connectivity index (χ3v) is 5.32. The van der Waals surface area contributed by atoms with Crippen LogP contribution in [-0.2, 0) is 4.79 Å². The van der Waals surface area contributed by atoms with Gasteiger partial charge < -0.3 is 15.5 Å². The standard InChI is InChI=1S/C17H21Cl2N3O2.ClH/c18-13-9-12(10-14(19)11-13)15(23)21-5-7-22(8-6-21)16(24)17(20)3-1-2-4-17;/h9-11H,1-8,20H2;1H. The highest BCUT2D eigenvalue weighted by molar-refractivity contribution is 6.35. The van der Waals surface area contributed by atoms with E-state index >= 15 is 0 Å². The molecule has 5 nitrogen and oxygen atoms in total. The molecule has 3 rings (SSSR count). The highest BCUT2D eigenvalue weighted by atomic mass is 35.5. The third-order valence-electron chi connectivity index (χ3n) is 4.89. The number of nitrogens with zero attached hydrogens (tertiary/aromatic N) is 2. The van der Waals surface area contributed by atoms with E-state index in [0.717, 1.165) is 25.7 Å². The second-order valence-corrected chi connectivity index (χ2v) is 7.48. The molecule has 1 aromatic rings. The summed E-state index contributed by atoms with van der Waals surface area (Å²) in [6, 6.07) is 4.82. The van der Waals surface area contributed by atoms with E-state index in [0.29, 0.717) is 41.8 Å². The summed E-state index contributed by atoms with van der Waals surface area (Å²) in [5.74, 6) is -0.0901. The van der Waals surface area contributed by atoms with E-state index in [-0.39, 0.29) is 24.2 Å². The van der Waals surface area contributed by atoms with E-state index in [2.05, 4.69) is 0 Å². The summed E-state index contributed by atoms with van der Waals surface area (Å²) >= 11 is 11.9. The number of rotatable bonds is 2. The topological polar surface area (TPSA) is 66.6 Å². The lowest BCUT2D eigenvalue weighted by atomic mass is 9.97. The summed E-state index contributed by atoms with van der Waals surface area (Å²) in [5.41, 5.74) is 6.02. The summed E-state index contributed by atoms with van der Waals surface area (Å²) in [6.45, 7) is 2.01. The second-order valence-electron chi connectivity index (χ2n) is 6.61. The molecule has 2 aliphatic rings. The number of carbonyl (C=O) groups excluding carboxylic acids is 2. The monoisotopic (exact) mass is 405 g/mol. The van der Waals surface area contributed by atoms with Crippen molar-refractivity contribution in [2.24, 2.45) is 5.73 Å². The Kier molecular flexibility index (Phi) is 6.60. The molecule has 2 amide bonds. The van der Waals surface area contributed by atoms with Gasteiger partial charge >= 0.3 is 0 Å². The average Bonchev–Trinajstić information content (AvgIpc) is 3.01. The fourth-order valence-electron chi connectivity index (χ4n) is 3.51. The first-order valence-electron chi connectivity index (χ1n) is 8.23. The zero-order valence-corrected chi connectivity index (χ0v) is 16.2. The van der Waals surface area contributed by atoms with Crippen molar-refractivity contribution in [3.63, 3.8) is 0 Å². The maximum atomic E-state index is 12.6. The Hall–Kier alpha value is -1.01. The predicted molar refractivity (Wildman–Crippen MR) is 102 cm³/mol. The molecule has 0 radical (unpaired) electrons. The number of piperazine rings is 1. The molecule has 8 heteroatoms. The van der Waals surface area contributed by atoms with Crippen molar-refractivity contribution < 1.29 is 9.59 Å². The predicted octanol–water partition coefficient (Wildman–Crippen LogP) is 2.97. The zero-order chi connectivity index (χ0) is 17.3. The average molecular weight is 407 g/mol. The van der Waals surface area contributed by atoms with Crippen LogP contribution >= 0.6 is 35.6 Å². The van der Waals surface area contributed by atoms with Gasteiger partial charge in [-0.2, -0.15) is 0 Å². The highest BCUT2D eigenvalue weighted by Gasteiger charge is 2.40. The van der Waals surface area contributed by atoms with Gasteiger partial charge in [-0.15, -0.1) is 12.4 Å². The van der Waals surface area contributed by atoms with Crippen molar-refractivity contribution in [1.29, 1.82) is 0 Å². The molecular formula is C17H22Cl3N3O2. The Morgan fingerprint density at radius 3 is 1.92 bits per heavy atom. The smallest absolute Gasteiger partial charge is 0.254 e. The SMILES string of the molecule is Cl.NC1(C(=O)N2CCN(C(=O)c3cc(Cl)cc(Cl)c3)CC2)CCCC1. The molecule has 0 unspecified atom stereocenters. The number of nitrogens with two attached hydrogens (primary N) is 1. The van der Waals surface area contributed by atoms with Gasteiger partial charge in [-0.05, 0) is 31.0 Å². The summed E-state index contributed by atoms with van der Waals surface area (Å²) in [6.07, 6.45) is 3.53. The van der Waals surface area contributed by atoms with Gasteiger partial charge in [-0.1, -0.05) is 36.0 Å². The van der Waals surface area contributed by atoms with Gasteiger partial charge in [-0.3, -0.25) is 9.59 Å². The normalized spacial score (nSPS) is 19.5. The molecule has 1 saturated heterocycles. The van der Waals surface area contributed by atoms with Crippen LogP contribution in [0.2, 0.25) is 10.0 Å². The van der Waals surface area contributed by atoms with Crippen LogP contribution < -0.4 is 5.73 Å². The maximum Gasteiger partial charge on any atom is 0.254 e. The van der Waals surface area contributed by atoms with Gasteiger partial charge in [0.2, 0.25) is 5.91 Å². The lowest BCUT2D eigenvalue weighted by molar-refractivity contribution is -0.138. The van der Waals surface area contributed by atoms with E-state index < -0.39 is 5.54 Å². The van der Waals surface area contributed by atoms with Gasteiger partial charge in [0.05, 0.1) is 5.54 Å². The van der Waals surface area contributed by atoms with Crippen molar-refractivity contribution in [2.45, 2.75) is 31.2 Å². The van der Waals surface area contributed by atoms with Crippen molar-refractivity contribution in [1.82, 2.24) is 9.80 Å². The van der Waals surface area contributed by atoms with E-state index in [4.69, 9.17) is 28.9 Å². The Balaban J connectivity index is 0.00000225. The van der Waals surface area contributed by atoms with Crippen LogP contribution in [0.5, 0.6) is 0 Å². The number of benzene rings is 1. The lowest BCUT2D eigenvalue weighted by Crippen LogP contribution is -2.59. The summed E-state index contributed by atoms with van der Waals surface area (Å²) in [4.78, 5) is 28.7. The first-order valence-corrected chi connectivity index (χ1v) is 8.98. The number of carbonyl (C=O) groups is 2. The Morgan fingerprint density at radius 1 is 0.920 bits per heavy atom. The maximum absolute atomic E-state index is 12.6. The number of halogens is 3. The molecular weight excluding hydrogens is 385 g/mol. The molecule has 1 aliphatic carbocycles. The molecule has 0 aromatic heterocycles. The van der Waals surface area contributed by atoms with Crippen LogP contribution in [0.25, 0.3) is 0 Å². The van der Waals surface area contributed by atoms with Gasteiger partial charge in [0.25, 0.3) is 5.91 Å². The van der Waals surface area contributed by atoms with Crippen LogP contribution in [-0.4, -0.2) is 53.3 Å². The first-order chi connectivity index (χ1) is 11.4. The van der Waals surface area contributed by atoms with Crippen LogP contribution in [0.4, 0.5) is 0 Å². The van der Waals surface area contributed by atoms with Crippen LogP contribution in [0.3, 0.4) is 0 Å². The molecule has 138 valence electrons. The second kappa shape index (κ2) is 8.12. The minimum atomic E-state index is -0.702. The Bertz CT molecular complexity index is 634. The molecule has 1 heterocycles. The molecule has 1 aromatic carbocycles. The quantitative estimate of drug-likeness (QED) is 0.821. The largest absolute Gasteiger partial charge is 0.338 e. The van der Waals surface area contributed by atoms with E-state index in [1.807, 2.05) is 0 Å². The molecule has 25 heavy (non-hydrogen) atoms. The van der Waals surface area contributed by atoms with Crippen molar-refractivity contribution in [3.8, 4) is 0 Å². The molecule has 1 saturated carbocycles. The first kappa shape index (κ1) is 20.3. The fourth-order valence-corrected chi connectivity index (χ4v) is 4.03.